The first-order valence-corrected chi connectivity index (χ1v) is 10.7. The minimum atomic E-state index is -0.570. The van der Waals surface area contributed by atoms with Crippen LogP contribution in [0.25, 0.3) is 10.8 Å². The van der Waals surface area contributed by atoms with Crippen LogP contribution in [0.2, 0.25) is 0 Å². The Kier molecular flexibility index (Phi) is 6.00. The maximum Gasteiger partial charge on any atom is 0.249 e. The monoisotopic (exact) mass is 416 g/mol. The highest BCUT2D eigenvalue weighted by atomic mass is 16.2. The molecule has 0 aliphatic carbocycles. The molecule has 6 heteroatoms. The van der Waals surface area contributed by atoms with Gasteiger partial charge in [0.1, 0.15) is 6.04 Å². The second-order valence-electron chi connectivity index (χ2n) is 8.07. The Morgan fingerprint density at radius 3 is 2.74 bits per heavy atom. The lowest BCUT2D eigenvalue weighted by Crippen LogP contribution is -2.52. The van der Waals surface area contributed by atoms with E-state index in [4.69, 9.17) is 0 Å². The van der Waals surface area contributed by atoms with Crippen LogP contribution in [0, 0.1) is 6.92 Å². The predicted molar refractivity (Wildman–Crippen MR) is 123 cm³/mol. The molecule has 0 radical (unpaired) electrons. The van der Waals surface area contributed by atoms with Crippen LogP contribution in [-0.2, 0) is 22.6 Å². The fourth-order valence-electron chi connectivity index (χ4n) is 4.12. The first-order valence-electron chi connectivity index (χ1n) is 10.7. The summed E-state index contributed by atoms with van der Waals surface area (Å²) in [5.74, 6) is -0.260. The topological polar surface area (TPSA) is 74.3 Å². The minimum Gasteiger partial charge on any atom is -0.343 e. The van der Waals surface area contributed by atoms with Crippen LogP contribution < -0.4 is 15.5 Å². The van der Waals surface area contributed by atoms with E-state index in [-0.39, 0.29) is 17.9 Å². The fourth-order valence-corrected chi connectivity index (χ4v) is 4.12. The zero-order valence-electron chi connectivity index (χ0n) is 18.2. The third-order valence-electron chi connectivity index (χ3n) is 6.13. The van der Waals surface area contributed by atoms with Crippen molar-refractivity contribution in [3.05, 3.63) is 71.5 Å². The number of aromatic nitrogens is 1. The van der Waals surface area contributed by atoms with Crippen LogP contribution in [0.4, 0.5) is 5.69 Å². The highest BCUT2D eigenvalue weighted by Gasteiger charge is 2.32. The van der Waals surface area contributed by atoms with Gasteiger partial charge in [-0.25, -0.2) is 0 Å². The average molecular weight is 417 g/mol. The zero-order chi connectivity index (χ0) is 22.0. The van der Waals surface area contributed by atoms with E-state index in [2.05, 4.69) is 27.8 Å². The van der Waals surface area contributed by atoms with Gasteiger partial charge in [-0.2, -0.15) is 0 Å². The molecular weight excluding hydrogens is 388 g/mol. The second-order valence-corrected chi connectivity index (χ2v) is 8.07. The second kappa shape index (κ2) is 8.86. The van der Waals surface area contributed by atoms with Gasteiger partial charge in [-0.05, 0) is 50.8 Å². The molecule has 2 aromatic carbocycles. The molecule has 0 spiro atoms. The smallest absolute Gasteiger partial charge is 0.249 e. The molecule has 2 N–H and O–H groups in total. The maximum atomic E-state index is 13.7. The zero-order valence-corrected chi connectivity index (χ0v) is 18.2. The van der Waals surface area contributed by atoms with Crippen molar-refractivity contribution in [3.63, 3.8) is 0 Å². The molecule has 0 saturated heterocycles. The van der Waals surface area contributed by atoms with Gasteiger partial charge in [0.25, 0.3) is 0 Å². The van der Waals surface area contributed by atoms with E-state index in [9.17, 15) is 9.59 Å². The number of pyridine rings is 1. The summed E-state index contributed by atoms with van der Waals surface area (Å²) in [5, 5.41) is 8.03. The third-order valence-corrected chi connectivity index (χ3v) is 6.13. The van der Waals surface area contributed by atoms with Gasteiger partial charge in [-0.15, -0.1) is 0 Å². The van der Waals surface area contributed by atoms with E-state index < -0.39 is 6.04 Å². The maximum absolute atomic E-state index is 13.7. The normalized spacial score (nSPS) is 17.2. The van der Waals surface area contributed by atoms with Crippen molar-refractivity contribution in [2.45, 2.75) is 45.3 Å². The molecule has 3 aromatic rings. The number of para-hydroxylation sites is 1. The summed E-state index contributed by atoms with van der Waals surface area (Å²) in [6.45, 7) is 4.17. The minimum absolute atomic E-state index is 0.0889. The SMILES string of the molecule is CNC(C)C(=O)N[C@H]1CCc2ccccc2N(Cc2c(C)ncc3ccccc23)C1=O. The summed E-state index contributed by atoms with van der Waals surface area (Å²) >= 11 is 0. The molecule has 1 aliphatic rings. The molecular formula is C25H28N4O2. The van der Waals surface area contributed by atoms with Gasteiger partial charge in [-0.1, -0.05) is 42.5 Å². The van der Waals surface area contributed by atoms with Crippen LogP contribution in [0.15, 0.2) is 54.7 Å². The number of nitrogens with zero attached hydrogens (tertiary/aromatic N) is 2. The highest BCUT2D eigenvalue weighted by Crippen LogP contribution is 2.31. The number of anilines is 1. The predicted octanol–water partition coefficient (Wildman–Crippen LogP) is 3.12. The lowest BCUT2D eigenvalue weighted by molar-refractivity contribution is -0.128. The van der Waals surface area contributed by atoms with E-state index in [1.54, 1.807) is 14.0 Å². The van der Waals surface area contributed by atoms with E-state index in [0.29, 0.717) is 13.0 Å². The van der Waals surface area contributed by atoms with Crippen molar-refractivity contribution in [1.82, 2.24) is 15.6 Å². The Labute approximate surface area is 182 Å². The summed E-state index contributed by atoms with van der Waals surface area (Å²) in [6.07, 6.45) is 3.17. The Hall–Kier alpha value is -3.25. The number of hydrogen-bond acceptors (Lipinski definition) is 4. The standard InChI is InChI=1S/C25H28N4O2/c1-16-21(20-10-6-4-9-19(20)14-27-16)15-29-23-11-7-5-8-18(23)12-13-22(25(29)31)28-24(30)17(2)26-3/h4-11,14,17,22,26H,12-13,15H2,1-3H3,(H,28,30)/t17?,22-/m0/s1. The number of benzene rings is 2. The van der Waals surface area contributed by atoms with E-state index in [0.717, 1.165) is 39.7 Å². The van der Waals surface area contributed by atoms with Gasteiger partial charge in [0.05, 0.1) is 12.6 Å². The van der Waals surface area contributed by atoms with Crippen LogP contribution >= 0.6 is 0 Å². The Bertz CT molecular complexity index is 1130. The third kappa shape index (κ3) is 4.16. The highest BCUT2D eigenvalue weighted by molar-refractivity contribution is 6.01. The Balaban J connectivity index is 1.74. The number of carbonyl (C=O) groups is 2. The van der Waals surface area contributed by atoms with Crippen LogP contribution in [-0.4, -0.2) is 35.9 Å². The number of hydrogen-bond donors (Lipinski definition) is 2. The molecule has 2 atom stereocenters. The van der Waals surface area contributed by atoms with Gasteiger partial charge in [0.15, 0.2) is 0 Å². The number of amides is 2. The molecule has 1 aromatic heterocycles. The molecule has 0 fully saturated rings. The average Bonchev–Trinajstić information content (AvgIpc) is 2.92. The van der Waals surface area contributed by atoms with Gasteiger partial charge >= 0.3 is 0 Å². The van der Waals surface area contributed by atoms with Crippen molar-refractivity contribution >= 4 is 28.3 Å². The van der Waals surface area contributed by atoms with E-state index in [1.165, 1.54) is 0 Å². The molecule has 31 heavy (non-hydrogen) atoms. The van der Waals surface area contributed by atoms with Gasteiger partial charge in [-0.3, -0.25) is 14.6 Å². The number of carbonyl (C=O) groups excluding carboxylic acids is 2. The summed E-state index contributed by atoms with van der Waals surface area (Å²) in [7, 11) is 1.73. The molecule has 2 amide bonds. The first kappa shape index (κ1) is 21.0. The van der Waals surface area contributed by atoms with Crippen molar-refractivity contribution in [3.8, 4) is 0 Å². The van der Waals surface area contributed by atoms with E-state index >= 15 is 0 Å². The number of fused-ring (bicyclic) bond motifs is 2. The van der Waals surface area contributed by atoms with Gasteiger partial charge in [0.2, 0.25) is 11.8 Å². The van der Waals surface area contributed by atoms with Crippen molar-refractivity contribution < 1.29 is 9.59 Å². The number of aryl methyl sites for hydroxylation is 2. The number of rotatable bonds is 5. The molecule has 2 heterocycles. The van der Waals surface area contributed by atoms with E-state index in [1.807, 2.05) is 54.4 Å². The molecule has 0 bridgehead atoms. The van der Waals surface area contributed by atoms with Crippen molar-refractivity contribution in [2.75, 3.05) is 11.9 Å². The summed E-state index contributed by atoms with van der Waals surface area (Å²) in [5.41, 5.74) is 3.94. The summed E-state index contributed by atoms with van der Waals surface area (Å²) in [4.78, 5) is 32.6. The number of nitrogens with one attached hydrogen (secondary N) is 2. The molecule has 1 aliphatic heterocycles. The molecule has 1 unspecified atom stereocenters. The van der Waals surface area contributed by atoms with Crippen molar-refractivity contribution in [2.24, 2.45) is 0 Å². The van der Waals surface area contributed by atoms with Gasteiger partial charge < -0.3 is 15.5 Å². The van der Waals surface area contributed by atoms with Crippen LogP contribution in [0.1, 0.15) is 30.2 Å². The fraction of sp³-hybridized carbons (Fsp3) is 0.320. The summed E-state index contributed by atoms with van der Waals surface area (Å²) < 4.78 is 0. The first-order chi connectivity index (χ1) is 15.0. The Morgan fingerprint density at radius 2 is 1.94 bits per heavy atom. The summed E-state index contributed by atoms with van der Waals surface area (Å²) in [6, 6.07) is 15.2. The largest absolute Gasteiger partial charge is 0.343 e. The molecule has 160 valence electrons. The quantitative estimate of drug-likeness (QED) is 0.670. The molecule has 0 saturated carbocycles. The van der Waals surface area contributed by atoms with Crippen molar-refractivity contribution in [1.29, 1.82) is 0 Å². The van der Waals surface area contributed by atoms with Gasteiger partial charge in [0, 0.05) is 28.5 Å². The lowest BCUT2D eigenvalue weighted by atomic mass is 10.0. The molecule has 4 rings (SSSR count). The number of likely N-dealkylation sites (N-methyl/N-ethyl adjacent to an activating group) is 1. The van der Waals surface area contributed by atoms with Crippen LogP contribution in [0.5, 0.6) is 0 Å². The molecule has 6 nitrogen and oxygen atoms in total. The lowest BCUT2D eigenvalue weighted by Gasteiger charge is -2.28. The Morgan fingerprint density at radius 1 is 1.19 bits per heavy atom. The van der Waals surface area contributed by atoms with Crippen LogP contribution in [0.3, 0.4) is 0 Å².